The zero-order chi connectivity index (χ0) is 27.3. The van der Waals surface area contributed by atoms with Crippen molar-refractivity contribution in [3.05, 3.63) is 84.9 Å². The molecule has 4 rings (SSSR count). The van der Waals surface area contributed by atoms with E-state index in [0.29, 0.717) is 0 Å². The number of hydrogen-bond donors (Lipinski definition) is 0. The van der Waals surface area contributed by atoms with Gasteiger partial charge in [0.05, 0.1) is 43.1 Å². The van der Waals surface area contributed by atoms with Crippen LogP contribution in [0.25, 0.3) is 33.8 Å². The van der Waals surface area contributed by atoms with Crippen LogP contribution in [0.15, 0.2) is 89.3 Å². The third-order valence-corrected chi connectivity index (χ3v) is 6.56. The second kappa shape index (κ2) is 15.0. The fourth-order valence-corrected chi connectivity index (χ4v) is 4.13. The lowest BCUT2D eigenvalue weighted by Gasteiger charge is -2.08. The quantitative estimate of drug-likeness (QED) is 0.114. The van der Waals surface area contributed by atoms with Crippen molar-refractivity contribution < 1.29 is 18.6 Å². The molecule has 0 amide bonds. The Hall–Kier alpha value is -3.79. The Labute approximate surface area is 233 Å². The molecule has 0 aliphatic heterocycles. The standard InChI is InChI=1S/C35H41O4/c1-4-7-22-36-31-16-10-27(11-17-31)30-25-34(28-12-18-32(19-13-28)37-23-8-5-2)39-35(26-30)29-14-20-33(21-15-29)38-24-9-6-3/h10-21,25-26H,4-9,22-24H2,1-3H3/q+1. The van der Waals surface area contributed by atoms with Gasteiger partial charge in [0.2, 0.25) is 0 Å². The molecule has 1 heterocycles. The minimum absolute atomic E-state index is 0.732. The molecule has 0 saturated carbocycles. The van der Waals surface area contributed by atoms with Crippen LogP contribution in [0.4, 0.5) is 0 Å². The Bertz CT molecular complexity index is 1090. The van der Waals surface area contributed by atoms with Gasteiger partial charge in [0, 0.05) is 5.56 Å². The van der Waals surface area contributed by atoms with E-state index in [1.807, 2.05) is 36.4 Å². The van der Waals surface area contributed by atoms with E-state index in [-0.39, 0.29) is 0 Å². The van der Waals surface area contributed by atoms with Gasteiger partial charge < -0.3 is 14.2 Å². The maximum absolute atomic E-state index is 6.47. The molecule has 1 aromatic heterocycles. The SMILES string of the molecule is CCCCOc1ccc(-c2cc(-c3ccc(OCCCC)cc3)[o+]c(-c3ccc(OCCCC)cc3)c2)cc1. The van der Waals surface area contributed by atoms with Crippen molar-refractivity contribution in [1.82, 2.24) is 0 Å². The third kappa shape index (κ3) is 8.35. The Kier molecular flexibility index (Phi) is 10.8. The Balaban J connectivity index is 1.64. The highest BCUT2D eigenvalue weighted by Crippen LogP contribution is 2.34. The molecule has 4 nitrogen and oxygen atoms in total. The van der Waals surface area contributed by atoms with Crippen molar-refractivity contribution in [1.29, 1.82) is 0 Å². The molecule has 39 heavy (non-hydrogen) atoms. The van der Waals surface area contributed by atoms with Gasteiger partial charge in [-0.3, -0.25) is 0 Å². The summed E-state index contributed by atoms with van der Waals surface area (Å²) < 4.78 is 24.1. The van der Waals surface area contributed by atoms with Crippen LogP contribution in [-0.2, 0) is 0 Å². The van der Waals surface area contributed by atoms with E-state index in [1.54, 1.807) is 0 Å². The van der Waals surface area contributed by atoms with Gasteiger partial charge in [0.25, 0.3) is 0 Å². The molecule has 0 aliphatic carbocycles. The van der Waals surface area contributed by atoms with Gasteiger partial charge in [0.1, 0.15) is 17.2 Å². The topological polar surface area (TPSA) is 39.0 Å². The molecule has 0 N–H and O–H groups in total. The predicted octanol–water partition coefficient (Wildman–Crippen LogP) is 10.1. The third-order valence-electron chi connectivity index (χ3n) is 6.56. The van der Waals surface area contributed by atoms with Crippen molar-refractivity contribution in [2.45, 2.75) is 59.3 Å². The molecule has 204 valence electrons. The average molecular weight is 526 g/mol. The molecule has 0 atom stereocenters. The summed E-state index contributed by atoms with van der Waals surface area (Å²) in [5.74, 6) is 4.25. The molecular formula is C35H41O4+. The summed E-state index contributed by atoms with van der Waals surface area (Å²) in [6, 6.07) is 28.8. The fourth-order valence-electron chi connectivity index (χ4n) is 4.13. The minimum atomic E-state index is 0.732. The number of benzene rings is 3. The monoisotopic (exact) mass is 525 g/mol. The number of unbranched alkanes of at least 4 members (excludes halogenated alkanes) is 3. The van der Waals surface area contributed by atoms with Crippen LogP contribution in [0.3, 0.4) is 0 Å². The van der Waals surface area contributed by atoms with E-state index in [4.69, 9.17) is 18.6 Å². The zero-order valence-electron chi connectivity index (χ0n) is 23.6. The van der Waals surface area contributed by atoms with E-state index < -0.39 is 0 Å². The lowest BCUT2D eigenvalue weighted by atomic mass is 10.0. The summed E-state index contributed by atoms with van der Waals surface area (Å²) in [6.45, 7) is 8.70. The molecular weight excluding hydrogens is 484 g/mol. The second-order valence-corrected chi connectivity index (χ2v) is 9.75. The maximum Gasteiger partial charge on any atom is 0.361 e. The summed E-state index contributed by atoms with van der Waals surface area (Å²) in [4.78, 5) is 0. The molecule has 4 heteroatoms. The van der Waals surface area contributed by atoms with Gasteiger partial charge >= 0.3 is 11.5 Å². The summed E-state index contributed by atoms with van der Waals surface area (Å²) >= 11 is 0. The van der Waals surface area contributed by atoms with Gasteiger partial charge in [-0.2, -0.15) is 0 Å². The lowest BCUT2D eigenvalue weighted by molar-refractivity contribution is 0.309. The number of rotatable bonds is 15. The van der Waals surface area contributed by atoms with Crippen LogP contribution in [0.2, 0.25) is 0 Å². The zero-order valence-corrected chi connectivity index (χ0v) is 23.6. The molecule has 0 aliphatic rings. The van der Waals surface area contributed by atoms with Gasteiger partial charge in [-0.1, -0.05) is 52.2 Å². The van der Waals surface area contributed by atoms with E-state index in [0.717, 1.165) is 109 Å². The molecule has 0 saturated heterocycles. The summed E-state index contributed by atoms with van der Waals surface area (Å²) in [7, 11) is 0. The van der Waals surface area contributed by atoms with Crippen LogP contribution in [-0.4, -0.2) is 19.8 Å². The molecule has 4 aromatic rings. The van der Waals surface area contributed by atoms with Gasteiger partial charge in [-0.25, -0.2) is 4.42 Å². The minimum Gasteiger partial charge on any atom is -0.494 e. The first-order valence-electron chi connectivity index (χ1n) is 14.4. The van der Waals surface area contributed by atoms with Crippen LogP contribution in [0.1, 0.15) is 59.3 Å². The van der Waals surface area contributed by atoms with Crippen molar-refractivity contribution in [2.75, 3.05) is 19.8 Å². The largest absolute Gasteiger partial charge is 0.494 e. The fraction of sp³-hybridized carbons (Fsp3) is 0.343. The van der Waals surface area contributed by atoms with E-state index in [9.17, 15) is 0 Å². The molecule has 0 radical (unpaired) electrons. The second-order valence-electron chi connectivity index (χ2n) is 9.75. The highest BCUT2D eigenvalue weighted by Gasteiger charge is 2.21. The highest BCUT2D eigenvalue weighted by molar-refractivity contribution is 5.75. The predicted molar refractivity (Wildman–Crippen MR) is 161 cm³/mol. The first-order chi connectivity index (χ1) is 19.2. The number of hydrogen-bond acceptors (Lipinski definition) is 3. The van der Waals surface area contributed by atoms with E-state index in [2.05, 4.69) is 69.3 Å². The number of ether oxygens (including phenoxy) is 3. The Morgan fingerprint density at radius 1 is 0.436 bits per heavy atom. The van der Waals surface area contributed by atoms with Crippen LogP contribution >= 0.6 is 0 Å². The van der Waals surface area contributed by atoms with Crippen LogP contribution in [0, 0.1) is 0 Å². The van der Waals surface area contributed by atoms with Crippen molar-refractivity contribution in [3.63, 3.8) is 0 Å². The molecule has 0 fully saturated rings. The van der Waals surface area contributed by atoms with Crippen LogP contribution < -0.4 is 14.2 Å². The molecule has 0 unspecified atom stereocenters. The van der Waals surface area contributed by atoms with Crippen molar-refractivity contribution >= 4 is 0 Å². The lowest BCUT2D eigenvalue weighted by Crippen LogP contribution is -1.96. The first-order valence-corrected chi connectivity index (χ1v) is 14.4. The smallest absolute Gasteiger partial charge is 0.361 e. The average Bonchev–Trinajstić information content (AvgIpc) is 2.98. The van der Waals surface area contributed by atoms with Gasteiger partial charge in [0.15, 0.2) is 0 Å². The summed E-state index contributed by atoms with van der Waals surface area (Å²) in [6.07, 6.45) is 6.50. The van der Waals surface area contributed by atoms with E-state index >= 15 is 0 Å². The maximum atomic E-state index is 6.47. The van der Waals surface area contributed by atoms with Gasteiger partial charge in [-0.05, 0) is 85.5 Å². The van der Waals surface area contributed by atoms with Gasteiger partial charge in [-0.15, -0.1) is 0 Å². The highest BCUT2D eigenvalue weighted by atomic mass is 16.5. The first kappa shape index (κ1) is 28.2. The molecule has 3 aromatic carbocycles. The van der Waals surface area contributed by atoms with E-state index in [1.165, 1.54) is 0 Å². The normalized spacial score (nSPS) is 10.8. The van der Waals surface area contributed by atoms with Crippen LogP contribution in [0.5, 0.6) is 17.2 Å². The molecule has 0 bridgehead atoms. The summed E-state index contributed by atoms with van der Waals surface area (Å²) in [5.41, 5.74) is 4.19. The van der Waals surface area contributed by atoms with Crippen molar-refractivity contribution in [2.24, 2.45) is 0 Å². The van der Waals surface area contributed by atoms with Crippen molar-refractivity contribution in [3.8, 4) is 51.0 Å². The summed E-state index contributed by atoms with van der Waals surface area (Å²) in [5, 5.41) is 0. The Morgan fingerprint density at radius 3 is 1.10 bits per heavy atom. The Morgan fingerprint density at radius 2 is 0.769 bits per heavy atom. The molecule has 0 spiro atoms.